The summed E-state index contributed by atoms with van der Waals surface area (Å²) >= 11 is 0. The molecule has 0 saturated carbocycles. The van der Waals surface area contributed by atoms with E-state index in [1.807, 2.05) is 54.6 Å². The second-order valence-corrected chi connectivity index (χ2v) is 7.98. The number of piperidine rings is 1. The van der Waals surface area contributed by atoms with Crippen LogP contribution in [-0.2, 0) is 4.79 Å². The zero-order chi connectivity index (χ0) is 21.1. The van der Waals surface area contributed by atoms with Crippen LogP contribution in [0.25, 0.3) is 10.9 Å². The minimum Gasteiger partial charge on any atom is -0.369 e. The van der Waals surface area contributed by atoms with E-state index < -0.39 is 6.04 Å². The van der Waals surface area contributed by atoms with Gasteiger partial charge in [0.2, 0.25) is 5.91 Å². The zero-order valence-corrected chi connectivity index (χ0v) is 17.0. The van der Waals surface area contributed by atoms with Crippen LogP contribution in [-0.4, -0.2) is 30.0 Å². The lowest BCUT2D eigenvalue weighted by molar-refractivity contribution is -0.123. The number of nitrogens with zero attached hydrogens (tertiary/aromatic N) is 3. The second-order valence-electron chi connectivity index (χ2n) is 7.98. The van der Waals surface area contributed by atoms with Crippen LogP contribution in [0.4, 0.5) is 5.69 Å². The Kier molecular flexibility index (Phi) is 5.64. The molecule has 1 aromatic heterocycles. The van der Waals surface area contributed by atoms with Gasteiger partial charge in [-0.05, 0) is 42.2 Å². The van der Waals surface area contributed by atoms with Crippen LogP contribution >= 0.6 is 0 Å². The number of aromatic nitrogens is 1. The van der Waals surface area contributed by atoms with Crippen molar-refractivity contribution >= 4 is 22.5 Å². The molecule has 2 heterocycles. The van der Waals surface area contributed by atoms with Crippen molar-refractivity contribution < 1.29 is 4.79 Å². The standard InChI is InChI=1S/C24H25N5O/c1-16-12-19(28-24(30)22(26)17-6-3-2-4-7-17)15-29(14-16)21-10-9-18(13-25)23-20(21)8-5-11-27-23/h2-11,16,19,22H,12,14-15,26H2,1H3,(H,28,30)/t16-,19+,22-/m0/s1. The van der Waals surface area contributed by atoms with Gasteiger partial charge in [-0.1, -0.05) is 37.3 Å². The number of nitrogens with one attached hydrogen (secondary N) is 1. The van der Waals surface area contributed by atoms with Crippen LogP contribution < -0.4 is 16.0 Å². The summed E-state index contributed by atoms with van der Waals surface area (Å²) in [4.78, 5) is 19.4. The van der Waals surface area contributed by atoms with Gasteiger partial charge in [0.1, 0.15) is 12.1 Å². The van der Waals surface area contributed by atoms with Crippen molar-refractivity contribution in [3.8, 4) is 6.07 Å². The van der Waals surface area contributed by atoms with E-state index in [1.165, 1.54) is 0 Å². The number of anilines is 1. The molecule has 3 atom stereocenters. The lowest BCUT2D eigenvalue weighted by atomic mass is 9.94. The molecule has 2 aromatic carbocycles. The summed E-state index contributed by atoms with van der Waals surface area (Å²) < 4.78 is 0. The summed E-state index contributed by atoms with van der Waals surface area (Å²) in [6, 6.07) is 18.6. The number of carbonyl (C=O) groups excluding carboxylic acids is 1. The quantitative estimate of drug-likeness (QED) is 0.703. The van der Waals surface area contributed by atoms with E-state index in [9.17, 15) is 10.1 Å². The Balaban J connectivity index is 1.55. The van der Waals surface area contributed by atoms with Gasteiger partial charge in [0.05, 0.1) is 11.1 Å². The molecule has 4 rings (SSSR count). The Labute approximate surface area is 176 Å². The third-order valence-corrected chi connectivity index (χ3v) is 5.66. The van der Waals surface area contributed by atoms with Gasteiger partial charge >= 0.3 is 0 Å². The molecule has 1 aliphatic heterocycles. The van der Waals surface area contributed by atoms with E-state index in [-0.39, 0.29) is 11.9 Å². The Morgan fingerprint density at radius 1 is 1.20 bits per heavy atom. The van der Waals surface area contributed by atoms with Crippen molar-refractivity contribution in [3.05, 3.63) is 71.9 Å². The number of carbonyl (C=O) groups is 1. The lowest BCUT2D eigenvalue weighted by Gasteiger charge is -2.39. The number of nitriles is 1. The third kappa shape index (κ3) is 3.98. The Morgan fingerprint density at radius 2 is 2.00 bits per heavy atom. The van der Waals surface area contributed by atoms with Crippen LogP contribution in [0.1, 0.15) is 30.5 Å². The molecule has 0 unspecified atom stereocenters. The van der Waals surface area contributed by atoms with Crippen molar-refractivity contribution in [2.75, 3.05) is 18.0 Å². The summed E-state index contributed by atoms with van der Waals surface area (Å²) in [7, 11) is 0. The van der Waals surface area contributed by atoms with Crippen molar-refractivity contribution in [1.29, 1.82) is 5.26 Å². The SMILES string of the molecule is C[C@H]1C[C@@H](NC(=O)[C@@H](N)c2ccccc2)CN(c2ccc(C#N)c3ncccc23)C1. The van der Waals surface area contributed by atoms with Gasteiger partial charge in [-0.15, -0.1) is 0 Å². The normalized spacial score (nSPS) is 19.8. The number of benzene rings is 2. The van der Waals surface area contributed by atoms with Crippen LogP contribution in [0, 0.1) is 17.2 Å². The van der Waals surface area contributed by atoms with Crippen LogP contribution in [0.2, 0.25) is 0 Å². The number of fused-ring (bicyclic) bond motifs is 1. The number of rotatable bonds is 4. The molecule has 1 fully saturated rings. The first-order chi connectivity index (χ1) is 14.6. The van der Waals surface area contributed by atoms with Crippen molar-refractivity contribution in [2.24, 2.45) is 11.7 Å². The highest BCUT2D eigenvalue weighted by Gasteiger charge is 2.28. The minimum absolute atomic E-state index is 0.00150. The molecule has 0 aliphatic carbocycles. The first kappa shape index (κ1) is 19.9. The van der Waals surface area contributed by atoms with Crippen molar-refractivity contribution in [2.45, 2.75) is 25.4 Å². The molecular weight excluding hydrogens is 374 g/mol. The Morgan fingerprint density at radius 3 is 2.77 bits per heavy atom. The van der Waals surface area contributed by atoms with E-state index in [4.69, 9.17) is 5.73 Å². The Bertz CT molecular complexity index is 1090. The molecule has 3 aromatic rings. The van der Waals surface area contributed by atoms with Gasteiger partial charge < -0.3 is 16.0 Å². The molecule has 1 saturated heterocycles. The maximum atomic E-state index is 12.8. The van der Waals surface area contributed by atoms with Crippen LogP contribution in [0.15, 0.2) is 60.8 Å². The molecular formula is C24H25N5O. The van der Waals surface area contributed by atoms with E-state index in [1.54, 1.807) is 6.20 Å². The van der Waals surface area contributed by atoms with Crippen LogP contribution in [0.3, 0.4) is 0 Å². The molecule has 3 N–H and O–H groups in total. The highest BCUT2D eigenvalue weighted by Crippen LogP contribution is 2.31. The molecule has 0 spiro atoms. The van der Waals surface area contributed by atoms with Gasteiger partial charge in [0.25, 0.3) is 0 Å². The van der Waals surface area contributed by atoms with E-state index in [0.717, 1.165) is 29.6 Å². The number of pyridine rings is 1. The predicted molar refractivity (Wildman–Crippen MR) is 118 cm³/mol. The topological polar surface area (TPSA) is 95.0 Å². The van der Waals surface area contributed by atoms with Gasteiger partial charge in [-0.2, -0.15) is 5.26 Å². The summed E-state index contributed by atoms with van der Waals surface area (Å²) in [6.07, 6.45) is 2.61. The van der Waals surface area contributed by atoms with Crippen molar-refractivity contribution in [3.63, 3.8) is 0 Å². The highest BCUT2D eigenvalue weighted by atomic mass is 16.2. The van der Waals surface area contributed by atoms with Gasteiger partial charge in [0.15, 0.2) is 0 Å². The fourth-order valence-electron chi connectivity index (χ4n) is 4.28. The molecule has 0 radical (unpaired) electrons. The minimum atomic E-state index is -0.683. The van der Waals surface area contributed by atoms with Gasteiger partial charge in [-0.3, -0.25) is 9.78 Å². The fourth-order valence-corrected chi connectivity index (χ4v) is 4.28. The first-order valence-corrected chi connectivity index (χ1v) is 10.2. The van der Waals surface area contributed by atoms with E-state index in [2.05, 4.69) is 28.2 Å². The summed E-state index contributed by atoms with van der Waals surface area (Å²) in [5.74, 6) is 0.242. The highest BCUT2D eigenvalue weighted by molar-refractivity contribution is 5.95. The monoisotopic (exact) mass is 399 g/mol. The average Bonchev–Trinajstić information content (AvgIpc) is 2.78. The summed E-state index contributed by atoms with van der Waals surface area (Å²) in [5.41, 5.74) is 9.30. The molecule has 1 aliphatic rings. The average molecular weight is 399 g/mol. The first-order valence-electron chi connectivity index (χ1n) is 10.2. The Hall–Kier alpha value is -3.43. The van der Waals surface area contributed by atoms with Crippen LogP contribution in [0.5, 0.6) is 0 Å². The summed E-state index contributed by atoms with van der Waals surface area (Å²) in [6.45, 7) is 3.76. The predicted octanol–water partition coefficient (Wildman–Crippen LogP) is 3.14. The number of hydrogen-bond acceptors (Lipinski definition) is 5. The van der Waals surface area contributed by atoms with E-state index >= 15 is 0 Å². The summed E-state index contributed by atoms with van der Waals surface area (Å²) in [5, 5.41) is 13.5. The largest absolute Gasteiger partial charge is 0.369 e. The zero-order valence-electron chi connectivity index (χ0n) is 17.0. The molecule has 30 heavy (non-hydrogen) atoms. The lowest BCUT2D eigenvalue weighted by Crippen LogP contribution is -2.52. The van der Waals surface area contributed by atoms with E-state index in [0.29, 0.717) is 23.5 Å². The molecule has 1 amide bonds. The molecule has 152 valence electrons. The van der Waals surface area contributed by atoms with Crippen molar-refractivity contribution in [1.82, 2.24) is 10.3 Å². The number of amides is 1. The molecule has 6 nitrogen and oxygen atoms in total. The maximum Gasteiger partial charge on any atom is 0.241 e. The number of nitrogens with two attached hydrogens (primary N) is 1. The second kappa shape index (κ2) is 8.52. The van der Waals surface area contributed by atoms with Gasteiger partial charge in [0, 0.05) is 36.4 Å². The smallest absolute Gasteiger partial charge is 0.241 e. The van der Waals surface area contributed by atoms with Gasteiger partial charge in [-0.25, -0.2) is 0 Å². The molecule has 6 heteroatoms. The maximum absolute atomic E-state index is 12.8. The fraction of sp³-hybridized carbons (Fsp3) is 0.292. The number of hydrogen-bond donors (Lipinski definition) is 2. The molecule has 0 bridgehead atoms. The third-order valence-electron chi connectivity index (χ3n) is 5.66.